The molecule has 1 amide bonds. The van der Waals surface area contributed by atoms with Crippen molar-refractivity contribution < 1.29 is 13.2 Å². The van der Waals surface area contributed by atoms with Crippen molar-refractivity contribution in [1.29, 1.82) is 0 Å². The van der Waals surface area contributed by atoms with Crippen LogP contribution in [-0.2, 0) is 21.4 Å². The molecule has 2 N–H and O–H groups in total. The lowest BCUT2D eigenvalue weighted by Crippen LogP contribution is -2.48. The molecule has 0 radical (unpaired) electrons. The maximum absolute atomic E-state index is 11.9. The maximum Gasteiger partial charge on any atom is 0.235 e. The van der Waals surface area contributed by atoms with Crippen LogP contribution in [0.2, 0.25) is 0 Å². The molecule has 30 heavy (non-hydrogen) atoms. The summed E-state index contributed by atoms with van der Waals surface area (Å²) in [7, 11) is -3.33. The van der Waals surface area contributed by atoms with Gasteiger partial charge in [-0.05, 0) is 55.8 Å². The van der Waals surface area contributed by atoms with Gasteiger partial charge < -0.3 is 15.1 Å². The first-order chi connectivity index (χ1) is 14.2. The minimum atomic E-state index is -3.33. The summed E-state index contributed by atoms with van der Waals surface area (Å²) in [6.45, 7) is 8.79. The van der Waals surface area contributed by atoms with Crippen molar-refractivity contribution in [2.75, 3.05) is 41.1 Å². The first kappa shape index (κ1) is 22.0. The Kier molecular flexibility index (Phi) is 6.87. The fourth-order valence-electron chi connectivity index (χ4n) is 3.25. The molecule has 1 aliphatic heterocycles. The molecule has 0 unspecified atom stereocenters. The van der Waals surface area contributed by atoms with Gasteiger partial charge in [0.2, 0.25) is 15.9 Å². The molecule has 7 nitrogen and oxygen atoms in total. The summed E-state index contributed by atoms with van der Waals surface area (Å²) in [5, 5.41) is 2.92. The van der Waals surface area contributed by atoms with E-state index in [2.05, 4.69) is 39.2 Å². The molecule has 162 valence electrons. The van der Waals surface area contributed by atoms with Gasteiger partial charge >= 0.3 is 0 Å². The number of amides is 1. The van der Waals surface area contributed by atoms with Crippen LogP contribution >= 0.6 is 0 Å². The summed E-state index contributed by atoms with van der Waals surface area (Å²) in [6, 6.07) is 15.7. The summed E-state index contributed by atoms with van der Waals surface area (Å²) in [5.74, 6) is 0.138. The number of nitrogens with one attached hydrogen (secondary N) is 2. The third kappa shape index (κ3) is 5.66. The Hall–Kier alpha value is -2.74. The van der Waals surface area contributed by atoms with Crippen LogP contribution in [0.4, 0.5) is 17.1 Å². The van der Waals surface area contributed by atoms with Crippen molar-refractivity contribution in [3.05, 3.63) is 54.1 Å². The average Bonchev–Trinajstić information content (AvgIpc) is 2.73. The van der Waals surface area contributed by atoms with Crippen LogP contribution < -0.4 is 14.9 Å². The summed E-state index contributed by atoms with van der Waals surface area (Å²) < 4.78 is 26.5. The van der Waals surface area contributed by atoms with Crippen LogP contribution in [0.5, 0.6) is 0 Å². The highest BCUT2D eigenvalue weighted by Crippen LogP contribution is 2.20. The molecular formula is C22H30N4O3S. The van der Waals surface area contributed by atoms with Crippen molar-refractivity contribution in [1.82, 2.24) is 4.90 Å². The Morgan fingerprint density at radius 3 is 2.03 bits per heavy atom. The summed E-state index contributed by atoms with van der Waals surface area (Å²) in [6.07, 6.45) is 0. The smallest absolute Gasteiger partial charge is 0.235 e. The second-order valence-electron chi connectivity index (χ2n) is 7.79. The monoisotopic (exact) mass is 430 g/mol. The molecule has 0 bridgehead atoms. The molecule has 0 atom stereocenters. The van der Waals surface area contributed by atoms with Gasteiger partial charge in [0.25, 0.3) is 0 Å². The van der Waals surface area contributed by atoms with Gasteiger partial charge in [-0.25, -0.2) is 8.42 Å². The molecule has 8 heteroatoms. The lowest BCUT2D eigenvalue weighted by atomic mass is 10.2. The predicted octanol–water partition coefficient (Wildman–Crippen LogP) is 3.12. The number of hydrogen-bond donors (Lipinski definition) is 2. The molecule has 1 aliphatic rings. The zero-order chi connectivity index (χ0) is 21.7. The van der Waals surface area contributed by atoms with E-state index >= 15 is 0 Å². The standard InChI is InChI=1S/C22H30N4O3S/c1-17(2)30(28,29)24-21-6-4-19(5-7-21)16-23-20-8-10-22(11-9-20)26-14-12-25(13-15-26)18(3)27/h4-11,17,23-24H,12-16H2,1-3H3. The number of hydrogen-bond acceptors (Lipinski definition) is 5. The first-order valence-electron chi connectivity index (χ1n) is 10.2. The molecule has 2 aromatic carbocycles. The molecule has 1 fully saturated rings. The SMILES string of the molecule is CC(=O)N1CCN(c2ccc(NCc3ccc(NS(=O)(=O)C(C)C)cc3)cc2)CC1. The second-order valence-corrected chi connectivity index (χ2v) is 10.0. The number of sulfonamides is 1. The number of benzene rings is 2. The third-order valence-corrected chi connectivity index (χ3v) is 7.05. The maximum atomic E-state index is 11.9. The predicted molar refractivity (Wildman–Crippen MR) is 122 cm³/mol. The van der Waals surface area contributed by atoms with Gasteiger partial charge in [0, 0.05) is 56.7 Å². The highest BCUT2D eigenvalue weighted by Gasteiger charge is 2.18. The van der Waals surface area contributed by atoms with E-state index in [-0.39, 0.29) is 5.91 Å². The van der Waals surface area contributed by atoms with Gasteiger partial charge in [-0.15, -0.1) is 0 Å². The molecule has 1 saturated heterocycles. The van der Waals surface area contributed by atoms with Gasteiger partial charge in [-0.2, -0.15) is 0 Å². The average molecular weight is 431 g/mol. The van der Waals surface area contributed by atoms with E-state index in [0.717, 1.165) is 43.1 Å². The van der Waals surface area contributed by atoms with Crippen LogP contribution in [0.1, 0.15) is 26.3 Å². The highest BCUT2D eigenvalue weighted by molar-refractivity contribution is 7.93. The number of nitrogens with zero attached hydrogens (tertiary/aromatic N) is 2. The lowest BCUT2D eigenvalue weighted by Gasteiger charge is -2.35. The Morgan fingerprint density at radius 1 is 0.933 bits per heavy atom. The van der Waals surface area contributed by atoms with Gasteiger partial charge in [-0.1, -0.05) is 12.1 Å². The molecule has 0 aromatic heterocycles. The largest absolute Gasteiger partial charge is 0.381 e. The molecule has 0 spiro atoms. The Balaban J connectivity index is 1.51. The van der Waals surface area contributed by atoms with Gasteiger partial charge in [-0.3, -0.25) is 9.52 Å². The van der Waals surface area contributed by atoms with Crippen LogP contribution in [0.25, 0.3) is 0 Å². The van der Waals surface area contributed by atoms with Crippen LogP contribution in [0.3, 0.4) is 0 Å². The number of piperazine rings is 1. The van der Waals surface area contributed by atoms with Gasteiger partial charge in [0.05, 0.1) is 5.25 Å². The van der Waals surface area contributed by atoms with Crippen molar-refractivity contribution >= 4 is 33.0 Å². The molecule has 2 aromatic rings. The van der Waals surface area contributed by atoms with E-state index in [1.54, 1.807) is 32.9 Å². The topological polar surface area (TPSA) is 81.8 Å². The van der Waals surface area contributed by atoms with E-state index in [4.69, 9.17) is 0 Å². The minimum absolute atomic E-state index is 0.138. The van der Waals surface area contributed by atoms with Gasteiger partial charge in [0.15, 0.2) is 0 Å². The molecular weight excluding hydrogens is 400 g/mol. The zero-order valence-electron chi connectivity index (χ0n) is 17.8. The number of rotatable bonds is 7. The third-order valence-electron chi connectivity index (χ3n) is 5.29. The summed E-state index contributed by atoms with van der Waals surface area (Å²) >= 11 is 0. The minimum Gasteiger partial charge on any atom is -0.381 e. The van der Waals surface area contributed by atoms with E-state index in [9.17, 15) is 13.2 Å². The van der Waals surface area contributed by atoms with Crippen LogP contribution in [-0.4, -0.2) is 50.7 Å². The zero-order valence-corrected chi connectivity index (χ0v) is 18.6. The van der Waals surface area contributed by atoms with Gasteiger partial charge in [0.1, 0.15) is 0 Å². The Labute approximate surface area is 179 Å². The normalized spacial score (nSPS) is 14.7. The number of carbonyl (C=O) groups excluding carboxylic acids is 1. The lowest BCUT2D eigenvalue weighted by molar-refractivity contribution is -0.129. The number of carbonyl (C=O) groups is 1. The fourth-order valence-corrected chi connectivity index (χ4v) is 3.95. The second kappa shape index (κ2) is 9.38. The first-order valence-corrected chi connectivity index (χ1v) is 11.7. The molecule has 0 aliphatic carbocycles. The quantitative estimate of drug-likeness (QED) is 0.705. The van der Waals surface area contributed by atoms with E-state index in [1.807, 2.05) is 17.0 Å². The molecule has 1 heterocycles. The van der Waals surface area contributed by atoms with E-state index in [0.29, 0.717) is 12.2 Å². The van der Waals surface area contributed by atoms with Crippen molar-refractivity contribution in [2.24, 2.45) is 0 Å². The van der Waals surface area contributed by atoms with Crippen LogP contribution in [0.15, 0.2) is 48.5 Å². The van der Waals surface area contributed by atoms with Crippen LogP contribution in [0, 0.1) is 0 Å². The summed E-state index contributed by atoms with van der Waals surface area (Å²) in [5.41, 5.74) is 3.81. The Morgan fingerprint density at radius 2 is 1.50 bits per heavy atom. The number of anilines is 3. The molecule has 0 saturated carbocycles. The summed E-state index contributed by atoms with van der Waals surface area (Å²) in [4.78, 5) is 15.6. The van der Waals surface area contributed by atoms with Crippen molar-refractivity contribution in [3.63, 3.8) is 0 Å². The van der Waals surface area contributed by atoms with E-state index < -0.39 is 15.3 Å². The fraction of sp³-hybridized carbons (Fsp3) is 0.409. The molecule has 3 rings (SSSR count). The highest BCUT2D eigenvalue weighted by atomic mass is 32.2. The Bertz CT molecular complexity index is 949. The van der Waals surface area contributed by atoms with E-state index in [1.165, 1.54) is 0 Å². The van der Waals surface area contributed by atoms with Crippen molar-refractivity contribution in [3.8, 4) is 0 Å². The van der Waals surface area contributed by atoms with Crippen molar-refractivity contribution in [2.45, 2.75) is 32.6 Å².